The van der Waals surface area contributed by atoms with Crippen molar-refractivity contribution in [2.45, 2.75) is 53.0 Å². The standard InChI is InChI=1S/C19H26N2O/c1-13(2)8-7-9-14(3)21-19(22)17-12-15(4)20-18-11-6-5-10-16(17)18/h5-6,10-14H,7-9H2,1-4H3,(H,21,22). The lowest BCUT2D eigenvalue weighted by Gasteiger charge is -2.15. The second kappa shape index (κ2) is 7.39. The van der Waals surface area contributed by atoms with Crippen LogP contribution >= 0.6 is 0 Å². The van der Waals surface area contributed by atoms with Gasteiger partial charge in [0, 0.05) is 17.1 Å². The van der Waals surface area contributed by atoms with E-state index < -0.39 is 0 Å². The number of aryl methyl sites for hydroxylation is 1. The Labute approximate surface area is 133 Å². The highest BCUT2D eigenvalue weighted by molar-refractivity contribution is 6.06. The predicted octanol–water partition coefficient (Wildman–Crippen LogP) is 4.49. The maximum Gasteiger partial charge on any atom is 0.252 e. The van der Waals surface area contributed by atoms with Crippen molar-refractivity contribution in [3.05, 3.63) is 41.6 Å². The molecule has 0 radical (unpaired) electrons. The molecule has 0 spiro atoms. The molecule has 1 heterocycles. The fraction of sp³-hybridized carbons (Fsp3) is 0.474. The average molecular weight is 298 g/mol. The first-order chi connectivity index (χ1) is 10.5. The normalized spacial score (nSPS) is 12.6. The Morgan fingerprint density at radius 3 is 2.64 bits per heavy atom. The van der Waals surface area contributed by atoms with Crippen LogP contribution in [0.1, 0.15) is 56.1 Å². The number of carbonyl (C=O) groups is 1. The number of hydrogen-bond acceptors (Lipinski definition) is 2. The topological polar surface area (TPSA) is 42.0 Å². The van der Waals surface area contributed by atoms with Crippen molar-refractivity contribution < 1.29 is 4.79 Å². The van der Waals surface area contributed by atoms with Crippen LogP contribution in [0.5, 0.6) is 0 Å². The Hall–Kier alpha value is -1.90. The highest BCUT2D eigenvalue weighted by Crippen LogP contribution is 2.18. The number of aromatic nitrogens is 1. The van der Waals surface area contributed by atoms with Crippen molar-refractivity contribution >= 4 is 16.8 Å². The van der Waals surface area contributed by atoms with Gasteiger partial charge in [0.05, 0.1) is 11.1 Å². The zero-order valence-electron chi connectivity index (χ0n) is 14.0. The maximum absolute atomic E-state index is 12.6. The Morgan fingerprint density at radius 2 is 1.91 bits per heavy atom. The number of hydrogen-bond donors (Lipinski definition) is 1. The van der Waals surface area contributed by atoms with Crippen molar-refractivity contribution in [2.75, 3.05) is 0 Å². The summed E-state index contributed by atoms with van der Waals surface area (Å²) < 4.78 is 0. The van der Waals surface area contributed by atoms with E-state index in [-0.39, 0.29) is 11.9 Å². The van der Waals surface area contributed by atoms with Gasteiger partial charge in [0.25, 0.3) is 5.91 Å². The van der Waals surface area contributed by atoms with Crippen LogP contribution in [0.25, 0.3) is 10.9 Å². The molecule has 0 saturated carbocycles. The smallest absolute Gasteiger partial charge is 0.252 e. The molecular formula is C19H26N2O. The molecule has 0 saturated heterocycles. The third kappa shape index (κ3) is 4.30. The van der Waals surface area contributed by atoms with Crippen molar-refractivity contribution in [1.82, 2.24) is 10.3 Å². The Balaban J connectivity index is 2.09. The van der Waals surface area contributed by atoms with Crippen molar-refractivity contribution in [3.8, 4) is 0 Å². The van der Waals surface area contributed by atoms with Crippen LogP contribution in [0, 0.1) is 12.8 Å². The first-order valence-corrected chi connectivity index (χ1v) is 8.14. The van der Waals surface area contributed by atoms with Crippen molar-refractivity contribution in [1.29, 1.82) is 0 Å². The van der Waals surface area contributed by atoms with Gasteiger partial charge >= 0.3 is 0 Å². The third-order valence-corrected chi connectivity index (χ3v) is 3.88. The molecule has 3 heteroatoms. The molecule has 1 atom stereocenters. The maximum atomic E-state index is 12.6. The summed E-state index contributed by atoms with van der Waals surface area (Å²) in [6, 6.07) is 9.87. The molecule has 2 rings (SSSR count). The minimum absolute atomic E-state index is 0.00116. The molecule has 3 nitrogen and oxygen atoms in total. The largest absolute Gasteiger partial charge is 0.350 e. The molecular weight excluding hydrogens is 272 g/mol. The fourth-order valence-electron chi connectivity index (χ4n) is 2.70. The summed E-state index contributed by atoms with van der Waals surface area (Å²) in [4.78, 5) is 17.1. The second-order valence-electron chi connectivity index (χ2n) is 6.53. The molecule has 0 fully saturated rings. The van der Waals surface area contributed by atoms with Crippen LogP contribution < -0.4 is 5.32 Å². The SMILES string of the molecule is Cc1cc(C(=O)NC(C)CCCC(C)C)c2ccccc2n1. The molecule has 0 bridgehead atoms. The summed E-state index contributed by atoms with van der Waals surface area (Å²) in [5.74, 6) is 0.716. The van der Waals surface area contributed by atoms with Crippen LogP contribution in [0.3, 0.4) is 0 Å². The van der Waals surface area contributed by atoms with Gasteiger partial charge in [-0.25, -0.2) is 0 Å². The lowest BCUT2D eigenvalue weighted by atomic mass is 10.0. The predicted molar refractivity (Wildman–Crippen MR) is 92.1 cm³/mol. The van der Waals surface area contributed by atoms with Gasteiger partial charge in [-0.1, -0.05) is 44.9 Å². The third-order valence-electron chi connectivity index (χ3n) is 3.88. The summed E-state index contributed by atoms with van der Waals surface area (Å²) in [6.07, 6.45) is 3.37. The zero-order valence-corrected chi connectivity index (χ0v) is 14.0. The molecule has 0 aliphatic heterocycles. The van der Waals surface area contributed by atoms with E-state index in [0.717, 1.165) is 40.9 Å². The van der Waals surface area contributed by atoms with E-state index in [0.29, 0.717) is 0 Å². The summed E-state index contributed by atoms with van der Waals surface area (Å²) in [6.45, 7) is 8.47. The second-order valence-corrected chi connectivity index (χ2v) is 6.53. The van der Waals surface area contributed by atoms with Crippen LogP contribution in [0.4, 0.5) is 0 Å². The molecule has 2 aromatic rings. The van der Waals surface area contributed by atoms with Gasteiger partial charge in [-0.15, -0.1) is 0 Å². The molecule has 1 amide bonds. The Bertz CT molecular complexity index is 649. The van der Waals surface area contributed by atoms with E-state index in [1.807, 2.05) is 37.3 Å². The number of benzene rings is 1. The monoisotopic (exact) mass is 298 g/mol. The number of amides is 1. The lowest BCUT2D eigenvalue weighted by molar-refractivity contribution is 0.0939. The Kier molecular flexibility index (Phi) is 5.53. The molecule has 0 aliphatic rings. The molecule has 1 N–H and O–H groups in total. The first-order valence-electron chi connectivity index (χ1n) is 8.14. The van der Waals surface area contributed by atoms with E-state index in [4.69, 9.17) is 0 Å². The van der Waals surface area contributed by atoms with Crippen LogP contribution in [-0.2, 0) is 0 Å². The van der Waals surface area contributed by atoms with Gasteiger partial charge in [0.15, 0.2) is 0 Å². The van der Waals surface area contributed by atoms with E-state index in [2.05, 4.69) is 31.1 Å². The van der Waals surface area contributed by atoms with E-state index >= 15 is 0 Å². The highest BCUT2D eigenvalue weighted by Gasteiger charge is 2.14. The molecule has 118 valence electrons. The van der Waals surface area contributed by atoms with E-state index in [1.54, 1.807) is 0 Å². The summed E-state index contributed by atoms with van der Waals surface area (Å²) in [5.41, 5.74) is 2.47. The number of pyridine rings is 1. The van der Waals surface area contributed by atoms with Crippen LogP contribution in [0.2, 0.25) is 0 Å². The van der Waals surface area contributed by atoms with Gasteiger partial charge in [-0.3, -0.25) is 9.78 Å². The average Bonchev–Trinajstić information content (AvgIpc) is 2.45. The number of para-hydroxylation sites is 1. The molecule has 1 unspecified atom stereocenters. The summed E-state index contributed by atoms with van der Waals surface area (Å²) in [7, 11) is 0. The summed E-state index contributed by atoms with van der Waals surface area (Å²) in [5, 5.41) is 4.04. The number of carbonyl (C=O) groups excluding carboxylic acids is 1. The minimum atomic E-state index is -0.00116. The number of nitrogens with one attached hydrogen (secondary N) is 1. The first kappa shape index (κ1) is 16.5. The quantitative estimate of drug-likeness (QED) is 0.854. The zero-order chi connectivity index (χ0) is 16.1. The van der Waals surface area contributed by atoms with Gasteiger partial charge in [0.1, 0.15) is 0 Å². The molecule has 1 aromatic heterocycles. The minimum Gasteiger partial charge on any atom is -0.350 e. The van der Waals surface area contributed by atoms with Gasteiger partial charge in [-0.05, 0) is 38.3 Å². The van der Waals surface area contributed by atoms with E-state index in [1.165, 1.54) is 6.42 Å². The number of rotatable bonds is 6. The molecule has 1 aromatic carbocycles. The number of nitrogens with zero attached hydrogens (tertiary/aromatic N) is 1. The van der Waals surface area contributed by atoms with Crippen molar-refractivity contribution in [3.63, 3.8) is 0 Å². The molecule has 22 heavy (non-hydrogen) atoms. The fourth-order valence-corrected chi connectivity index (χ4v) is 2.70. The highest BCUT2D eigenvalue weighted by atomic mass is 16.1. The van der Waals surface area contributed by atoms with Gasteiger partial charge < -0.3 is 5.32 Å². The summed E-state index contributed by atoms with van der Waals surface area (Å²) >= 11 is 0. The Morgan fingerprint density at radius 1 is 1.18 bits per heavy atom. The molecule has 0 aliphatic carbocycles. The van der Waals surface area contributed by atoms with Crippen LogP contribution in [-0.4, -0.2) is 16.9 Å². The van der Waals surface area contributed by atoms with E-state index in [9.17, 15) is 4.79 Å². The van der Waals surface area contributed by atoms with Crippen molar-refractivity contribution in [2.24, 2.45) is 5.92 Å². The van der Waals surface area contributed by atoms with Crippen LogP contribution in [0.15, 0.2) is 30.3 Å². The lowest BCUT2D eigenvalue weighted by Crippen LogP contribution is -2.32. The van der Waals surface area contributed by atoms with Gasteiger partial charge in [-0.2, -0.15) is 0 Å². The van der Waals surface area contributed by atoms with Gasteiger partial charge in [0.2, 0.25) is 0 Å². The number of fused-ring (bicyclic) bond motifs is 1.